The summed E-state index contributed by atoms with van der Waals surface area (Å²) in [6.45, 7) is 7.17. The molecule has 0 aliphatic carbocycles. The van der Waals surface area contributed by atoms with Crippen LogP contribution < -0.4 is 0 Å². The van der Waals surface area contributed by atoms with Gasteiger partial charge >= 0.3 is 0 Å². The van der Waals surface area contributed by atoms with Gasteiger partial charge in [-0.15, -0.1) is 23.1 Å². The highest BCUT2D eigenvalue weighted by Crippen LogP contribution is 2.27. The Balaban J connectivity index is 1.90. The molecule has 2 heterocycles. The highest BCUT2D eigenvalue weighted by molar-refractivity contribution is 8.01. The van der Waals surface area contributed by atoms with Crippen LogP contribution in [0, 0.1) is 5.92 Å². The van der Waals surface area contributed by atoms with E-state index in [9.17, 15) is 4.79 Å². The van der Waals surface area contributed by atoms with Crippen LogP contribution in [-0.4, -0.2) is 36.1 Å². The summed E-state index contributed by atoms with van der Waals surface area (Å²) in [5.41, 5.74) is 0. The van der Waals surface area contributed by atoms with Crippen molar-refractivity contribution in [2.24, 2.45) is 5.92 Å². The van der Waals surface area contributed by atoms with Crippen molar-refractivity contribution in [3.05, 3.63) is 17.0 Å². The minimum absolute atomic E-state index is 0.289. The number of carbonyl (C=O) groups excluding carboxylic acids is 1. The van der Waals surface area contributed by atoms with Crippen LogP contribution >= 0.6 is 23.1 Å². The standard InChI is InChI=1S/C14H21NOS2/c1-3-17-14-7-6-13(18-14)12(16)10-15-8-4-5-11(2)9-15/h6-7,11H,3-5,8-10H2,1-2H3. The molecule has 100 valence electrons. The van der Waals surface area contributed by atoms with Crippen LogP contribution in [-0.2, 0) is 0 Å². The third kappa shape index (κ3) is 3.84. The van der Waals surface area contributed by atoms with Crippen LogP contribution in [0.15, 0.2) is 16.3 Å². The van der Waals surface area contributed by atoms with Gasteiger partial charge in [0.15, 0.2) is 5.78 Å². The van der Waals surface area contributed by atoms with Crippen molar-refractivity contribution in [2.75, 3.05) is 25.4 Å². The molecule has 1 fully saturated rings. The Morgan fingerprint density at radius 2 is 2.39 bits per heavy atom. The summed E-state index contributed by atoms with van der Waals surface area (Å²) >= 11 is 3.45. The first-order valence-electron chi connectivity index (χ1n) is 6.67. The molecule has 4 heteroatoms. The molecule has 2 rings (SSSR count). The zero-order valence-corrected chi connectivity index (χ0v) is 12.8. The maximum atomic E-state index is 12.2. The van der Waals surface area contributed by atoms with E-state index in [4.69, 9.17) is 0 Å². The number of carbonyl (C=O) groups is 1. The Hall–Kier alpha value is -0.320. The number of hydrogen-bond donors (Lipinski definition) is 0. The summed E-state index contributed by atoms with van der Waals surface area (Å²) in [7, 11) is 0. The normalized spacial score (nSPS) is 21.1. The van der Waals surface area contributed by atoms with Gasteiger partial charge in [-0.3, -0.25) is 9.69 Å². The third-order valence-electron chi connectivity index (χ3n) is 3.25. The predicted molar refractivity (Wildman–Crippen MR) is 79.9 cm³/mol. The zero-order valence-electron chi connectivity index (χ0n) is 11.1. The molecule has 2 nitrogen and oxygen atoms in total. The largest absolute Gasteiger partial charge is 0.296 e. The first-order valence-corrected chi connectivity index (χ1v) is 8.47. The lowest BCUT2D eigenvalue weighted by Gasteiger charge is -2.29. The van der Waals surface area contributed by atoms with E-state index in [0.29, 0.717) is 6.54 Å². The van der Waals surface area contributed by atoms with Gasteiger partial charge in [-0.25, -0.2) is 0 Å². The number of rotatable bonds is 5. The number of thioether (sulfide) groups is 1. The molecule has 1 saturated heterocycles. The predicted octanol–water partition coefficient (Wildman–Crippen LogP) is 3.77. The summed E-state index contributed by atoms with van der Waals surface area (Å²) in [4.78, 5) is 15.4. The lowest BCUT2D eigenvalue weighted by Crippen LogP contribution is -2.37. The van der Waals surface area contributed by atoms with Crippen molar-refractivity contribution in [1.82, 2.24) is 4.90 Å². The van der Waals surface area contributed by atoms with Crippen molar-refractivity contribution in [2.45, 2.75) is 30.9 Å². The number of ketones is 1. The quantitative estimate of drug-likeness (QED) is 0.606. The summed E-state index contributed by atoms with van der Waals surface area (Å²) in [5, 5.41) is 0. The van der Waals surface area contributed by atoms with Gasteiger partial charge in [0.25, 0.3) is 0 Å². The van der Waals surface area contributed by atoms with Crippen LogP contribution in [0.4, 0.5) is 0 Å². The summed E-state index contributed by atoms with van der Waals surface area (Å²) < 4.78 is 1.26. The first-order chi connectivity index (χ1) is 8.69. The smallest absolute Gasteiger partial charge is 0.186 e. The van der Waals surface area contributed by atoms with Gasteiger partial charge in [0.05, 0.1) is 15.6 Å². The van der Waals surface area contributed by atoms with Crippen LogP contribution in [0.25, 0.3) is 0 Å². The second-order valence-corrected chi connectivity index (χ2v) is 7.61. The SMILES string of the molecule is CCSc1ccc(C(=O)CN2CCCC(C)C2)s1. The van der Waals surface area contributed by atoms with Gasteiger partial charge in [-0.2, -0.15) is 0 Å². The van der Waals surface area contributed by atoms with Crippen LogP contribution in [0.2, 0.25) is 0 Å². The fraction of sp³-hybridized carbons (Fsp3) is 0.643. The molecule has 0 spiro atoms. The number of piperidine rings is 1. The molecule has 0 radical (unpaired) electrons. The molecule has 0 N–H and O–H groups in total. The molecule has 1 aromatic rings. The fourth-order valence-electron chi connectivity index (χ4n) is 2.40. The van der Waals surface area contributed by atoms with E-state index in [1.54, 1.807) is 11.3 Å². The molecule has 1 aliphatic heterocycles. The van der Waals surface area contributed by atoms with Crippen molar-refractivity contribution in [3.8, 4) is 0 Å². The number of Topliss-reactive ketones (excluding diaryl/α,β-unsaturated/α-hetero) is 1. The highest BCUT2D eigenvalue weighted by Gasteiger charge is 2.19. The summed E-state index contributed by atoms with van der Waals surface area (Å²) in [6, 6.07) is 4.06. The van der Waals surface area contributed by atoms with E-state index < -0.39 is 0 Å². The number of likely N-dealkylation sites (tertiary alicyclic amines) is 1. The van der Waals surface area contributed by atoms with Crippen LogP contribution in [0.3, 0.4) is 0 Å². The lowest BCUT2D eigenvalue weighted by atomic mass is 10.0. The number of thiophene rings is 1. The highest BCUT2D eigenvalue weighted by atomic mass is 32.2. The molecular formula is C14H21NOS2. The average Bonchev–Trinajstić information content (AvgIpc) is 2.78. The Kier molecular flexibility index (Phi) is 5.27. The summed E-state index contributed by atoms with van der Waals surface area (Å²) in [6.07, 6.45) is 2.54. The Morgan fingerprint density at radius 3 is 3.11 bits per heavy atom. The van der Waals surface area contributed by atoms with Crippen LogP contribution in [0.1, 0.15) is 36.4 Å². The van der Waals surface area contributed by atoms with Gasteiger partial charge in [0.1, 0.15) is 0 Å². The van der Waals surface area contributed by atoms with Crippen LogP contribution in [0.5, 0.6) is 0 Å². The van der Waals surface area contributed by atoms with Crippen molar-refractivity contribution < 1.29 is 4.79 Å². The molecule has 1 unspecified atom stereocenters. The monoisotopic (exact) mass is 283 g/mol. The molecular weight excluding hydrogens is 262 g/mol. The van der Waals surface area contributed by atoms with Crippen molar-refractivity contribution >= 4 is 28.9 Å². The molecule has 0 aromatic carbocycles. The van der Waals surface area contributed by atoms with E-state index in [2.05, 4.69) is 24.8 Å². The molecule has 0 amide bonds. The average molecular weight is 283 g/mol. The second-order valence-electron chi connectivity index (χ2n) is 4.96. The topological polar surface area (TPSA) is 20.3 Å². The minimum atomic E-state index is 0.289. The van der Waals surface area contributed by atoms with E-state index in [0.717, 1.165) is 29.6 Å². The first kappa shape index (κ1) is 14.1. The van der Waals surface area contributed by atoms with Gasteiger partial charge < -0.3 is 0 Å². The Morgan fingerprint density at radius 1 is 1.56 bits per heavy atom. The Labute approximate surface area is 118 Å². The fourth-order valence-corrected chi connectivity index (χ4v) is 4.38. The maximum Gasteiger partial charge on any atom is 0.186 e. The number of hydrogen-bond acceptors (Lipinski definition) is 4. The second kappa shape index (κ2) is 6.73. The maximum absolute atomic E-state index is 12.2. The molecule has 1 atom stereocenters. The van der Waals surface area contributed by atoms with Gasteiger partial charge in [-0.1, -0.05) is 13.8 Å². The molecule has 1 aromatic heterocycles. The van der Waals surface area contributed by atoms with Crippen molar-refractivity contribution in [3.63, 3.8) is 0 Å². The van der Waals surface area contributed by atoms with E-state index in [-0.39, 0.29) is 5.78 Å². The molecule has 0 bridgehead atoms. The molecule has 18 heavy (non-hydrogen) atoms. The van der Waals surface area contributed by atoms with E-state index in [1.165, 1.54) is 17.1 Å². The zero-order chi connectivity index (χ0) is 13.0. The van der Waals surface area contributed by atoms with E-state index in [1.807, 2.05) is 17.8 Å². The van der Waals surface area contributed by atoms with Crippen molar-refractivity contribution in [1.29, 1.82) is 0 Å². The minimum Gasteiger partial charge on any atom is -0.296 e. The number of nitrogens with zero attached hydrogens (tertiary/aromatic N) is 1. The Bertz CT molecular complexity index is 402. The summed E-state index contributed by atoms with van der Waals surface area (Å²) in [5.74, 6) is 2.09. The molecule has 0 saturated carbocycles. The third-order valence-corrected chi connectivity index (χ3v) is 5.48. The van der Waals surface area contributed by atoms with Gasteiger partial charge in [0.2, 0.25) is 0 Å². The van der Waals surface area contributed by atoms with E-state index >= 15 is 0 Å². The van der Waals surface area contributed by atoms with Gasteiger partial charge in [0, 0.05) is 6.54 Å². The molecule has 1 aliphatic rings. The van der Waals surface area contributed by atoms with Gasteiger partial charge in [-0.05, 0) is 43.2 Å². The lowest BCUT2D eigenvalue weighted by molar-refractivity contribution is 0.0897.